The predicted octanol–water partition coefficient (Wildman–Crippen LogP) is 2.85. The van der Waals surface area contributed by atoms with Crippen molar-refractivity contribution in [3.05, 3.63) is 28.6 Å². The molecule has 0 unspecified atom stereocenters. The molecule has 1 heterocycles. The Bertz CT molecular complexity index is 410. The molecule has 1 rings (SSSR count). The minimum atomic E-state index is -2.63. The summed E-state index contributed by atoms with van der Waals surface area (Å²) in [5, 5.41) is 9.06. The van der Waals surface area contributed by atoms with Crippen LogP contribution in [0.4, 0.5) is 8.78 Å². The fraction of sp³-hybridized carbons (Fsp3) is 0.400. The van der Waals surface area contributed by atoms with Gasteiger partial charge >= 0.3 is 5.97 Å². The smallest absolute Gasteiger partial charge is 0.307 e. The van der Waals surface area contributed by atoms with Gasteiger partial charge in [0.25, 0.3) is 6.43 Å². The molecule has 1 N–H and O–H groups in total. The molecule has 3 nitrogen and oxygen atoms in total. The Kier molecular flexibility index (Phi) is 4.35. The van der Waals surface area contributed by atoms with Crippen LogP contribution in [0, 0.1) is 6.92 Å². The molecular formula is C10H10BrF2NO2. The van der Waals surface area contributed by atoms with E-state index in [1.54, 1.807) is 0 Å². The molecule has 0 amide bonds. The van der Waals surface area contributed by atoms with Crippen LogP contribution < -0.4 is 0 Å². The number of pyridine rings is 1. The number of rotatable bonds is 4. The van der Waals surface area contributed by atoms with E-state index in [0.29, 0.717) is 22.2 Å². The van der Waals surface area contributed by atoms with Gasteiger partial charge in [0.15, 0.2) is 0 Å². The van der Waals surface area contributed by atoms with Crippen LogP contribution in [0.2, 0.25) is 0 Å². The molecule has 0 aliphatic heterocycles. The van der Waals surface area contributed by atoms with E-state index in [1.807, 2.05) is 0 Å². The summed E-state index contributed by atoms with van der Waals surface area (Å²) >= 11 is 3.15. The van der Waals surface area contributed by atoms with Crippen molar-refractivity contribution >= 4 is 21.9 Å². The van der Waals surface area contributed by atoms with E-state index in [9.17, 15) is 13.6 Å². The number of carboxylic acid groups (broad SMARTS) is 1. The molecule has 0 radical (unpaired) electrons. The highest BCUT2D eigenvalue weighted by molar-refractivity contribution is 9.08. The Morgan fingerprint density at radius 1 is 1.62 bits per heavy atom. The second-order valence-corrected chi connectivity index (χ2v) is 3.83. The number of nitrogens with zero attached hydrogens (tertiary/aromatic N) is 1. The number of hydrogen-bond donors (Lipinski definition) is 1. The molecule has 0 spiro atoms. The Hall–Kier alpha value is -1.04. The monoisotopic (exact) mass is 293 g/mol. The number of alkyl halides is 3. The van der Waals surface area contributed by atoms with Crippen molar-refractivity contribution in [2.24, 2.45) is 0 Å². The molecule has 0 saturated carbocycles. The number of carbonyl (C=O) groups is 1. The molecule has 16 heavy (non-hydrogen) atoms. The summed E-state index contributed by atoms with van der Waals surface area (Å²) in [5.41, 5.74) is 0.953. The second kappa shape index (κ2) is 5.34. The van der Waals surface area contributed by atoms with Gasteiger partial charge in [-0.25, -0.2) is 8.78 Å². The number of carboxylic acids is 1. The average molecular weight is 294 g/mol. The summed E-state index contributed by atoms with van der Waals surface area (Å²) in [6, 6.07) is 0. The first-order chi connectivity index (χ1) is 7.47. The van der Waals surface area contributed by atoms with E-state index in [0.717, 1.165) is 6.20 Å². The van der Waals surface area contributed by atoms with Crippen LogP contribution in [0.25, 0.3) is 0 Å². The van der Waals surface area contributed by atoms with Crippen molar-refractivity contribution < 1.29 is 18.7 Å². The number of aliphatic carboxylic acids is 1. The van der Waals surface area contributed by atoms with Gasteiger partial charge in [0, 0.05) is 17.1 Å². The van der Waals surface area contributed by atoms with Gasteiger partial charge in [0.05, 0.1) is 12.1 Å². The minimum absolute atomic E-state index is 0.207. The highest BCUT2D eigenvalue weighted by Gasteiger charge is 2.18. The third-order valence-electron chi connectivity index (χ3n) is 2.28. The van der Waals surface area contributed by atoms with E-state index in [-0.39, 0.29) is 12.0 Å². The van der Waals surface area contributed by atoms with Gasteiger partial charge in [-0.3, -0.25) is 9.78 Å². The van der Waals surface area contributed by atoms with Gasteiger partial charge in [-0.1, -0.05) is 15.9 Å². The Morgan fingerprint density at radius 3 is 2.69 bits per heavy atom. The minimum Gasteiger partial charge on any atom is -0.481 e. The van der Waals surface area contributed by atoms with E-state index in [4.69, 9.17) is 5.11 Å². The van der Waals surface area contributed by atoms with Crippen molar-refractivity contribution in [2.75, 3.05) is 0 Å². The molecule has 1 aromatic heterocycles. The maximum Gasteiger partial charge on any atom is 0.307 e. The topological polar surface area (TPSA) is 50.2 Å². The summed E-state index contributed by atoms with van der Waals surface area (Å²) < 4.78 is 25.2. The van der Waals surface area contributed by atoms with Crippen LogP contribution >= 0.6 is 15.9 Å². The maximum absolute atomic E-state index is 12.6. The fourth-order valence-electron chi connectivity index (χ4n) is 1.43. The van der Waals surface area contributed by atoms with E-state index < -0.39 is 12.4 Å². The van der Waals surface area contributed by atoms with Crippen LogP contribution in [0.1, 0.15) is 28.8 Å². The van der Waals surface area contributed by atoms with Crippen LogP contribution in [0.5, 0.6) is 0 Å². The van der Waals surface area contributed by atoms with Crippen molar-refractivity contribution in [3.63, 3.8) is 0 Å². The van der Waals surface area contributed by atoms with Crippen LogP contribution in [-0.4, -0.2) is 16.1 Å². The SMILES string of the molecule is Cc1c(C(F)F)cnc(CBr)c1CC(=O)O. The number of halogens is 3. The molecule has 0 aliphatic carbocycles. The third kappa shape index (κ3) is 2.75. The first kappa shape index (κ1) is 13.0. The first-order valence-electron chi connectivity index (χ1n) is 4.50. The highest BCUT2D eigenvalue weighted by atomic mass is 79.9. The molecular weight excluding hydrogens is 284 g/mol. The lowest BCUT2D eigenvalue weighted by molar-refractivity contribution is -0.136. The molecule has 0 bridgehead atoms. The lowest BCUT2D eigenvalue weighted by atomic mass is 10.0. The van der Waals surface area contributed by atoms with Crippen molar-refractivity contribution in [2.45, 2.75) is 25.1 Å². The van der Waals surface area contributed by atoms with Gasteiger partial charge in [0.1, 0.15) is 0 Å². The molecule has 0 aromatic carbocycles. The fourth-order valence-corrected chi connectivity index (χ4v) is 1.92. The quantitative estimate of drug-likeness (QED) is 0.869. The van der Waals surface area contributed by atoms with Crippen LogP contribution in [0.3, 0.4) is 0 Å². The zero-order chi connectivity index (χ0) is 12.3. The predicted molar refractivity (Wildman–Crippen MR) is 57.9 cm³/mol. The Balaban J connectivity index is 3.28. The first-order valence-corrected chi connectivity index (χ1v) is 5.62. The number of hydrogen-bond acceptors (Lipinski definition) is 2. The lowest BCUT2D eigenvalue weighted by Crippen LogP contribution is -2.09. The zero-order valence-corrected chi connectivity index (χ0v) is 10.1. The van der Waals surface area contributed by atoms with Crippen LogP contribution in [0.15, 0.2) is 6.20 Å². The van der Waals surface area contributed by atoms with E-state index >= 15 is 0 Å². The lowest BCUT2D eigenvalue weighted by Gasteiger charge is -2.12. The van der Waals surface area contributed by atoms with Gasteiger partial charge in [-0.15, -0.1) is 0 Å². The highest BCUT2D eigenvalue weighted by Crippen LogP contribution is 2.26. The molecule has 0 aliphatic rings. The third-order valence-corrected chi connectivity index (χ3v) is 2.81. The summed E-state index contributed by atoms with van der Waals surface area (Å²) in [6.07, 6.45) is -1.83. The van der Waals surface area contributed by atoms with Crippen LogP contribution in [-0.2, 0) is 16.5 Å². The summed E-state index contributed by atoms with van der Waals surface area (Å²) in [7, 11) is 0. The summed E-state index contributed by atoms with van der Waals surface area (Å²) in [5.74, 6) is -1.06. The Labute approximate surface area is 99.6 Å². The average Bonchev–Trinajstić information content (AvgIpc) is 2.19. The van der Waals surface area contributed by atoms with E-state index in [1.165, 1.54) is 6.92 Å². The maximum atomic E-state index is 12.6. The molecule has 0 atom stereocenters. The number of aromatic nitrogens is 1. The molecule has 1 aromatic rings. The van der Waals surface area contributed by atoms with Crippen molar-refractivity contribution in [3.8, 4) is 0 Å². The second-order valence-electron chi connectivity index (χ2n) is 3.27. The van der Waals surface area contributed by atoms with Gasteiger partial charge in [-0.05, 0) is 18.1 Å². The van der Waals surface area contributed by atoms with Crippen molar-refractivity contribution in [1.82, 2.24) is 4.98 Å². The molecule has 6 heteroatoms. The van der Waals surface area contributed by atoms with Gasteiger partial charge in [0.2, 0.25) is 0 Å². The largest absolute Gasteiger partial charge is 0.481 e. The van der Waals surface area contributed by atoms with Crippen molar-refractivity contribution in [1.29, 1.82) is 0 Å². The molecule has 0 saturated heterocycles. The molecule has 0 fully saturated rings. The molecule has 88 valence electrons. The normalized spacial score (nSPS) is 10.8. The summed E-state index contributed by atoms with van der Waals surface area (Å²) in [6.45, 7) is 1.49. The zero-order valence-electron chi connectivity index (χ0n) is 8.51. The standard InChI is InChI=1S/C10H10BrF2NO2/c1-5-6(2-9(15)16)8(3-11)14-4-7(5)10(12)13/h4,10H,2-3H2,1H3,(H,15,16). The Morgan fingerprint density at radius 2 is 2.25 bits per heavy atom. The van der Waals surface area contributed by atoms with Gasteiger partial charge < -0.3 is 5.11 Å². The van der Waals surface area contributed by atoms with E-state index in [2.05, 4.69) is 20.9 Å². The van der Waals surface area contributed by atoms with Gasteiger partial charge in [-0.2, -0.15) is 0 Å². The summed E-state index contributed by atoms with van der Waals surface area (Å²) in [4.78, 5) is 14.5.